The van der Waals surface area contributed by atoms with Gasteiger partial charge in [-0.25, -0.2) is 0 Å². The van der Waals surface area contributed by atoms with Crippen molar-refractivity contribution < 1.29 is 98.2 Å². The van der Waals surface area contributed by atoms with E-state index in [9.17, 15) is 65.1 Å². The molecule has 2 amide bonds. The molecule has 0 radical (unpaired) electrons. The second-order valence-corrected chi connectivity index (χ2v) is 23.1. The highest BCUT2D eigenvalue weighted by Gasteiger charge is 2.30. The van der Waals surface area contributed by atoms with E-state index in [4.69, 9.17) is 42.6 Å². The standard InChI is InChI=1S/C31H34N2O11.C22H16N2O11.CH4.BBr3/c1-36-18-10-15(11-19(37-2)27(18)41-6)25-24(31(35)32-16-12-20(38-3)28(42-7)21(13-16)39-4)26(34)23-17(33-25)14-22(40-5)29(43-8)30(23)44-9;25-9-1-6(2-10(26)17(9)30)16-15(22(35)23-7-3-11(27)18(31)12(28)4-7)20(33)14-8(24-16)5-13(29)19(32)21(14)34;;2-1(3)4/h10-14H,1-9H3,(H,32,35)(H,33,34);1-5,25-32,34H,(H,23,35)(H,24,33);1H4;. The number of halogens is 3. The zero-order valence-electron chi connectivity index (χ0n) is 44.8. The Morgan fingerprint density at radius 3 is 1.12 bits per heavy atom. The molecule has 26 nitrogen and oxygen atoms in total. The Hall–Kier alpha value is -9.42. The van der Waals surface area contributed by atoms with E-state index in [1.54, 1.807) is 30.3 Å². The van der Waals surface area contributed by atoms with E-state index >= 15 is 0 Å². The van der Waals surface area contributed by atoms with Crippen molar-refractivity contribution in [1.29, 1.82) is 0 Å². The molecule has 0 aliphatic rings. The van der Waals surface area contributed by atoms with Crippen LogP contribution in [0, 0.1) is 0 Å². The first kappa shape index (κ1) is 65.4. The molecule has 0 unspecified atom stereocenters. The van der Waals surface area contributed by atoms with E-state index < -0.39 is 85.4 Å². The lowest BCUT2D eigenvalue weighted by molar-refractivity contribution is 0.101. The third-order valence-electron chi connectivity index (χ3n) is 12.0. The fourth-order valence-corrected chi connectivity index (χ4v) is 8.38. The number of aromatic hydroxyl groups is 9. The predicted molar refractivity (Wildman–Crippen MR) is 322 cm³/mol. The van der Waals surface area contributed by atoms with Gasteiger partial charge in [0.2, 0.25) is 33.9 Å². The van der Waals surface area contributed by atoms with Gasteiger partial charge in [-0.15, -0.1) is 47.3 Å². The Balaban J connectivity index is 0.000000292. The second-order valence-electron chi connectivity index (χ2n) is 16.7. The molecule has 30 heteroatoms. The van der Waals surface area contributed by atoms with Crippen molar-refractivity contribution in [1.82, 2.24) is 9.97 Å². The number of carbonyl (C=O) groups is 2. The molecule has 0 aliphatic carbocycles. The van der Waals surface area contributed by atoms with Crippen molar-refractivity contribution in [3.63, 3.8) is 0 Å². The number of aromatic nitrogens is 2. The molecule has 8 rings (SSSR count). The molecule has 2 heterocycles. The van der Waals surface area contributed by atoms with Gasteiger partial charge in [0.1, 0.15) is 11.1 Å². The number of rotatable bonds is 15. The van der Waals surface area contributed by atoms with Gasteiger partial charge in [0.15, 0.2) is 80.5 Å². The molecule has 0 aliphatic heterocycles. The van der Waals surface area contributed by atoms with Gasteiger partial charge in [-0.2, -0.15) is 0 Å². The molecule has 8 aromatic rings. The van der Waals surface area contributed by atoms with E-state index in [0.717, 1.165) is 30.3 Å². The monoisotopic (exact) mass is 1360 g/mol. The molecule has 0 spiro atoms. The summed E-state index contributed by atoms with van der Waals surface area (Å²) in [6.07, 6.45) is 0. The van der Waals surface area contributed by atoms with Crippen LogP contribution in [0.15, 0.2) is 70.3 Å². The minimum Gasteiger partial charge on any atom is -0.504 e. The van der Waals surface area contributed by atoms with Crippen LogP contribution in [0.3, 0.4) is 0 Å². The first-order valence-corrected chi connectivity index (χ1v) is 26.0. The van der Waals surface area contributed by atoms with Crippen LogP contribution in [-0.2, 0) is 0 Å². The minimum atomic E-state index is -1.19. The van der Waals surface area contributed by atoms with E-state index in [-0.39, 0.29) is 66.9 Å². The average Bonchev–Trinajstić information content (AvgIpc) is 1.08. The number of fused-ring (bicyclic) bond motifs is 2. The summed E-state index contributed by atoms with van der Waals surface area (Å²) in [5.74, 6) is -7.29. The number of amides is 2. The van der Waals surface area contributed by atoms with E-state index in [1.807, 2.05) is 0 Å². The molecular formula is C54H54BBr3N4O22. The van der Waals surface area contributed by atoms with Crippen LogP contribution >= 0.6 is 47.3 Å². The number of aromatic amines is 2. The summed E-state index contributed by atoms with van der Waals surface area (Å²) in [6.45, 7) is 0. The van der Waals surface area contributed by atoms with Gasteiger partial charge in [-0.1, -0.05) is 7.43 Å². The van der Waals surface area contributed by atoms with Crippen LogP contribution in [0.1, 0.15) is 28.1 Å². The van der Waals surface area contributed by atoms with Gasteiger partial charge >= 0.3 is 3.18 Å². The number of ether oxygens (including phenoxy) is 9. The largest absolute Gasteiger partial charge is 0.504 e. The lowest BCUT2D eigenvalue weighted by Gasteiger charge is -2.19. The third-order valence-corrected chi connectivity index (χ3v) is 12.0. The highest BCUT2D eigenvalue weighted by atomic mass is 79.9. The van der Waals surface area contributed by atoms with Crippen molar-refractivity contribution in [2.45, 2.75) is 7.43 Å². The third kappa shape index (κ3) is 13.1. The number of anilines is 2. The van der Waals surface area contributed by atoms with Gasteiger partial charge in [0.05, 0.1) is 97.2 Å². The molecule has 2 aromatic heterocycles. The Kier molecular flexibility index (Phi) is 21.5. The molecule has 0 fully saturated rings. The lowest BCUT2D eigenvalue weighted by Crippen LogP contribution is -2.24. The number of H-pyrrole nitrogens is 2. The van der Waals surface area contributed by atoms with E-state index in [2.05, 4.69) is 67.9 Å². The number of hydrogen-bond donors (Lipinski definition) is 13. The number of benzene rings is 6. The van der Waals surface area contributed by atoms with Gasteiger partial charge in [-0.3, -0.25) is 19.2 Å². The maximum atomic E-state index is 14.4. The van der Waals surface area contributed by atoms with Crippen LogP contribution < -0.4 is 64.1 Å². The summed E-state index contributed by atoms with van der Waals surface area (Å²) in [5.41, 5.74) is -2.72. The fourth-order valence-electron chi connectivity index (χ4n) is 8.38. The number of methoxy groups -OCH3 is 9. The van der Waals surface area contributed by atoms with Crippen LogP contribution in [0.5, 0.6) is 103 Å². The predicted octanol–water partition coefficient (Wildman–Crippen LogP) is 9.11. The number of phenols is 9. The number of hydrogen-bond acceptors (Lipinski definition) is 22. The smallest absolute Gasteiger partial charge is 0.369 e. The Bertz CT molecular complexity index is 3850. The van der Waals surface area contributed by atoms with Crippen LogP contribution in [0.2, 0.25) is 0 Å². The topological polar surface area (TPSA) is 389 Å². The SMILES string of the molecule is BrB(Br)Br.C.COc1cc(NC(=O)c2c(-c3cc(OC)c(OC)c(OC)c3)[nH]c3cc(OC)c(OC)c(OC)c3c2=O)cc(OC)c1OC.O=C(Nc1cc(O)c(O)c(O)c1)c1c(-c2cc(O)c(O)c(O)c2)[nH]c2cc(O)c(O)c(O)c2c1=O. The molecule has 84 heavy (non-hydrogen) atoms. The summed E-state index contributed by atoms with van der Waals surface area (Å²) in [7, 11) is 13.0. The molecule has 0 saturated carbocycles. The molecular weight excluding hydrogens is 1310 g/mol. The summed E-state index contributed by atoms with van der Waals surface area (Å²) >= 11 is 9.31. The fraction of sp³-hybridized carbons (Fsp3) is 0.185. The van der Waals surface area contributed by atoms with Gasteiger partial charge in [0.25, 0.3) is 11.8 Å². The molecule has 0 saturated heterocycles. The van der Waals surface area contributed by atoms with Crippen molar-refractivity contribution in [3.8, 4) is 126 Å². The van der Waals surface area contributed by atoms with Gasteiger partial charge in [0, 0.05) is 58.9 Å². The van der Waals surface area contributed by atoms with Gasteiger partial charge < -0.3 is 109 Å². The Morgan fingerprint density at radius 1 is 0.405 bits per heavy atom. The molecule has 446 valence electrons. The lowest BCUT2D eigenvalue weighted by atomic mass is 10.00. The number of carbonyl (C=O) groups excluding carboxylic acids is 2. The van der Waals surface area contributed by atoms with Crippen LogP contribution in [-0.4, -0.2) is 135 Å². The highest BCUT2D eigenvalue weighted by molar-refractivity contribution is 9.69. The highest BCUT2D eigenvalue weighted by Crippen LogP contribution is 2.47. The van der Waals surface area contributed by atoms with Crippen LogP contribution in [0.4, 0.5) is 11.4 Å². The van der Waals surface area contributed by atoms with Crippen molar-refractivity contribution in [2.75, 3.05) is 74.6 Å². The van der Waals surface area contributed by atoms with Crippen LogP contribution in [0.25, 0.3) is 44.3 Å². The summed E-state index contributed by atoms with van der Waals surface area (Å²) < 4.78 is 49.7. The summed E-state index contributed by atoms with van der Waals surface area (Å²) in [5, 5.41) is 92.7. The molecule has 13 N–H and O–H groups in total. The maximum Gasteiger partial charge on any atom is 0.369 e. The molecule has 0 atom stereocenters. The normalized spacial score (nSPS) is 10.4. The molecule has 0 bridgehead atoms. The molecule has 6 aromatic carbocycles. The minimum absolute atomic E-state index is 0. The summed E-state index contributed by atoms with van der Waals surface area (Å²) in [4.78, 5) is 60.8. The van der Waals surface area contributed by atoms with E-state index in [1.165, 1.54) is 64.0 Å². The van der Waals surface area contributed by atoms with Crippen molar-refractivity contribution in [2.24, 2.45) is 0 Å². The Morgan fingerprint density at radius 2 is 0.726 bits per heavy atom. The van der Waals surface area contributed by atoms with Crippen molar-refractivity contribution >= 4 is 95.5 Å². The zero-order valence-corrected chi connectivity index (χ0v) is 49.6. The number of nitrogens with one attached hydrogen (secondary N) is 4. The first-order chi connectivity index (χ1) is 39.4. The first-order valence-electron chi connectivity index (χ1n) is 23.3. The van der Waals surface area contributed by atoms with Crippen molar-refractivity contribution in [3.05, 3.63) is 92.2 Å². The average molecular weight is 1360 g/mol. The van der Waals surface area contributed by atoms with E-state index in [0.29, 0.717) is 51.3 Å². The second kappa shape index (κ2) is 27.6. The quantitative estimate of drug-likeness (QED) is 0.0258. The Labute approximate surface area is 501 Å². The number of pyridine rings is 2. The number of phenolic OH excluding ortho intramolecular Hbond substituents is 9. The van der Waals surface area contributed by atoms with Gasteiger partial charge in [-0.05, 0) is 24.3 Å². The zero-order chi connectivity index (χ0) is 61.5. The summed E-state index contributed by atoms with van der Waals surface area (Å²) in [6, 6.07) is 12.3. The maximum absolute atomic E-state index is 14.4.